The molecule has 2 aromatic rings. The number of aromatic nitrogens is 1. The van der Waals surface area contributed by atoms with Gasteiger partial charge in [-0.25, -0.2) is 4.98 Å². The molecule has 0 saturated carbocycles. The molecule has 1 atom stereocenters. The van der Waals surface area contributed by atoms with Gasteiger partial charge in [0.2, 0.25) is 0 Å². The van der Waals surface area contributed by atoms with Gasteiger partial charge in [0, 0.05) is 30.0 Å². The summed E-state index contributed by atoms with van der Waals surface area (Å²) in [5, 5.41) is 3.72. The highest BCUT2D eigenvalue weighted by atomic mass is 35.5. The van der Waals surface area contributed by atoms with E-state index in [1.165, 1.54) is 6.42 Å². The number of nitrogens with one attached hydrogen (secondary N) is 1. The molecule has 0 bridgehead atoms. The highest BCUT2D eigenvalue weighted by molar-refractivity contribution is 6.32. The first-order chi connectivity index (χ1) is 12.6. The molecule has 1 aliphatic heterocycles. The third kappa shape index (κ3) is 4.10. The highest BCUT2D eigenvalue weighted by Gasteiger charge is 2.26. The van der Waals surface area contributed by atoms with Crippen molar-refractivity contribution in [1.29, 1.82) is 0 Å². The van der Waals surface area contributed by atoms with Gasteiger partial charge in [0.1, 0.15) is 11.6 Å². The van der Waals surface area contributed by atoms with Gasteiger partial charge in [0.05, 0.1) is 12.1 Å². The number of anilines is 2. The van der Waals surface area contributed by atoms with Crippen LogP contribution in [0.5, 0.6) is 5.75 Å². The van der Waals surface area contributed by atoms with Crippen LogP contribution in [0.4, 0.5) is 11.5 Å². The molecule has 0 spiro atoms. The predicted octanol–water partition coefficient (Wildman–Crippen LogP) is 4.89. The SMILES string of the molecule is CCC1CCCCN1C(=O)c1ccnc(Nc2ccc(OC)c(Cl)c2)c1. The summed E-state index contributed by atoms with van der Waals surface area (Å²) in [7, 11) is 1.58. The maximum Gasteiger partial charge on any atom is 0.254 e. The van der Waals surface area contributed by atoms with E-state index >= 15 is 0 Å². The summed E-state index contributed by atoms with van der Waals surface area (Å²) >= 11 is 6.16. The molecule has 5 nitrogen and oxygen atoms in total. The number of hydrogen-bond acceptors (Lipinski definition) is 4. The molecule has 0 radical (unpaired) electrons. The van der Waals surface area contributed by atoms with E-state index in [9.17, 15) is 4.79 Å². The van der Waals surface area contributed by atoms with Crippen molar-refractivity contribution in [2.75, 3.05) is 19.0 Å². The van der Waals surface area contributed by atoms with Gasteiger partial charge in [0.25, 0.3) is 5.91 Å². The first-order valence-electron chi connectivity index (χ1n) is 9.00. The minimum atomic E-state index is 0.0785. The van der Waals surface area contributed by atoms with Crippen LogP contribution in [-0.4, -0.2) is 35.5 Å². The average molecular weight is 374 g/mol. The van der Waals surface area contributed by atoms with Crippen LogP contribution >= 0.6 is 11.6 Å². The molecule has 1 N–H and O–H groups in total. The van der Waals surface area contributed by atoms with Crippen molar-refractivity contribution in [2.24, 2.45) is 0 Å². The van der Waals surface area contributed by atoms with E-state index in [2.05, 4.69) is 17.2 Å². The van der Waals surface area contributed by atoms with Gasteiger partial charge < -0.3 is 15.0 Å². The Hall–Kier alpha value is -2.27. The van der Waals surface area contributed by atoms with Gasteiger partial charge in [-0.2, -0.15) is 0 Å². The first-order valence-corrected chi connectivity index (χ1v) is 9.37. The van der Waals surface area contributed by atoms with Gasteiger partial charge in [-0.1, -0.05) is 18.5 Å². The Labute approximate surface area is 159 Å². The van der Waals surface area contributed by atoms with Crippen LogP contribution in [0.2, 0.25) is 5.02 Å². The Bertz CT molecular complexity index is 781. The summed E-state index contributed by atoms with van der Waals surface area (Å²) < 4.78 is 5.16. The fourth-order valence-electron chi connectivity index (χ4n) is 3.38. The lowest BCUT2D eigenvalue weighted by Gasteiger charge is -2.35. The van der Waals surface area contributed by atoms with E-state index in [-0.39, 0.29) is 5.91 Å². The van der Waals surface area contributed by atoms with Crippen LogP contribution < -0.4 is 10.1 Å². The lowest BCUT2D eigenvalue weighted by molar-refractivity contribution is 0.0608. The summed E-state index contributed by atoms with van der Waals surface area (Å²) in [6, 6.07) is 9.32. The minimum Gasteiger partial charge on any atom is -0.495 e. The molecule has 3 rings (SSSR count). The second kappa shape index (κ2) is 8.41. The molecule has 2 heterocycles. The summed E-state index contributed by atoms with van der Waals surface area (Å²) in [4.78, 5) is 19.3. The van der Waals surface area contributed by atoms with E-state index < -0.39 is 0 Å². The van der Waals surface area contributed by atoms with Crippen molar-refractivity contribution in [1.82, 2.24) is 9.88 Å². The normalized spacial score (nSPS) is 17.0. The Morgan fingerprint density at radius 3 is 2.92 bits per heavy atom. The zero-order valence-electron chi connectivity index (χ0n) is 15.2. The van der Waals surface area contributed by atoms with Crippen molar-refractivity contribution >= 4 is 29.0 Å². The van der Waals surface area contributed by atoms with Crippen LogP contribution in [0.1, 0.15) is 43.0 Å². The largest absolute Gasteiger partial charge is 0.495 e. The lowest BCUT2D eigenvalue weighted by atomic mass is 9.99. The first kappa shape index (κ1) is 18.5. The Balaban J connectivity index is 1.77. The summed E-state index contributed by atoms with van der Waals surface area (Å²) in [6.45, 7) is 2.97. The van der Waals surface area contributed by atoms with Crippen molar-refractivity contribution < 1.29 is 9.53 Å². The molecule has 1 aliphatic rings. The van der Waals surface area contributed by atoms with Gasteiger partial charge in [0.15, 0.2) is 0 Å². The van der Waals surface area contributed by atoms with E-state index in [0.29, 0.717) is 28.2 Å². The number of methoxy groups -OCH3 is 1. The van der Waals surface area contributed by atoms with E-state index in [0.717, 1.165) is 31.5 Å². The summed E-state index contributed by atoms with van der Waals surface area (Å²) in [5.41, 5.74) is 1.44. The van der Waals surface area contributed by atoms with Crippen molar-refractivity contribution in [3.05, 3.63) is 47.1 Å². The number of likely N-dealkylation sites (tertiary alicyclic amines) is 1. The molecule has 1 amide bonds. The molecule has 1 saturated heterocycles. The number of hydrogen-bond donors (Lipinski definition) is 1. The molecule has 1 fully saturated rings. The van der Waals surface area contributed by atoms with Crippen molar-refractivity contribution in [2.45, 2.75) is 38.6 Å². The van der Waals surface area contributed by atoms with E-state index in [1.54, 1.807) is 37.6 Å². The summed E-state index contributed by atoms with van der Waals surface area (Å²) in [5.74, 6) is 1.31. The number of halogens is 1. The van der Waals surface area contributed by atoms with Crippen LogP contribution in [0.15, 0.2) is 36.5 Å². The zero-order chi connectivity index (χ0) is 18.5. The monoisotopic (exact) mass is 373 g/mol. The fourth-order valence-corrected chi connectivity index (χ4v) is 3.64. The number of piperidine rings is 1. The van der Waals surface area contributed by atoms with Crippen LogP contribution in [0.3, 0.4) is 0 Å². The number of carbonyl (C=O) groups excluding carboxylic acids is 1. The molecule has 138 valence electrons. The van der Waals surface area contributed by atoms with E-state index in [1.807, 2.05) is 11.0 Å². The minimum absolute atomic E-state index is 0.0785. The van der Waals surface area contributed by atoms with Gasteiger partial charge in [-0.05, 0) is 56.0 Å². The Kier molecular flexibility index (Phi) is 5.99. The smallest absolute Gasteiger partial charge is 0.254 e. The van der Waals surface area contributed by atoms with E-state index in [4.69, 9.17) is 16.3 Å². The summed E-state index contributed by atoms with van der Waals surface area (Å²) in [6.07, 6.45) is 6.01. The second-order valence-corrected chi connectivity index (χ2v) is 6.87. The topological polar surface area (TPSA) is 54.5 Å². The molecular weight excluding hydrogens is 350 g/mol. The van der Waals surface area contributed by atoms with Gasteiger partial charge in [-0.3, -0.25) is 4.79 Å². The zero-order valence-corrected chi connectivity index (χ0v) is 15.9. The third-order valence-corrected chi connectivity index (χ3v) is 5.09. The molecule has 26 heavy (non-hydrogen) atoms. The number of rotatable bonds is 5. The number of carbonyl (C=O) groups is 1. The van der Waals surface area contributed by atoms with Gasteiger partial charge in [-0.15, -0.1) is 0 Å². The van der Waals surface area contributed by atoms with Gasteiger partial charge >= 0.3 is 0 Å². The average Bonchev–Trinajstić information content (AvgIpc) is 2.68. The lowest BCUT2D eigenvalue weighted by Crippen LogP contribution is -2.43. The number of pyridine rings is 1. The maximum atomic E-state index is 12.9. The third-order valence-electron chi connectivity index (χ3n) is 4.79. The standard InChI is InChI=1S/C20H24ClN3O2/c1-3-16-6-4-5-11-24(16)20(25)14-9-10-22-19(12-14)23-15-7-8-18(26-2)17(21)13-15/h7-10,12-13,16H,3-6,11H2,1-2H3,(H,22,23). The van der Waals surface area contributed by atoms with Crippen LogP contribution in [-0.2, 0) is 0 Å². The van der Waals surface area contributed by atoms with Crippen LogP contribution in [0.25, 0.3) is 0 Å². The molecule has 0 aliphatic carbocycles. The second-order valence-electron chi connectivity index (χ2n) is 6.46. The number of ether oxygens (including phenoxy) is 1. The highest BCUT2D eigenvalue weighted by Crippen LogP contribution is 2.29. The number of nitrogens with zero attached hydrogens (tertiary/aromatic N) is 2. The van der Waals surface area contributed by atoms with Crippen molar-refractivity contribution in [3.8, 4) is 5.75 Å². The predicted molar refractivity (Wildman–Crippen MR) is 104 cm³/mol. The Morgan fingerprint density at radius 1 is 1.35 bits per heavy atom. The molecule has 6 heteroatoms. The Morgan fingerprint density at radius 2 is 2.19 bits per heavy atom. The molecule has 1 aromatic carbocycles. The van der Waals surface area contributed by atoms with Crippen LogP contribution in [0, 0.1) is 0 Å². The van der Waals surface area contributed by atoms with Crippen molar-refractivity contribution in [3.63, 3.8) is 0 Å². The number of benzene rings is 1. The number of amides is 1. The fraction of sp³-hybridized carbons (Fsp3) is 0.400. The maximum absolute atomic E-state index is 12.9. The molecule has 1 aromatic heterocycles. The molecule has 1 unspecified atom stereocenters. The molecular formula is C20H24ClN3O2. The quantitative estimate of drug-likeness (QED) is 0.810.